The van der Waals surface area contributed by atoms with Crippen molar-refractivity contribution in [3.8, 4) is 0 Å². The number of nitrogens with one attached hydrogen (secondary N) is 1. The first-order valence-electron chi connectivity index (χ1n) is 4.87. The highest BCUT2D eigenvalue weighted by Gasteiger charge is 2.54. The molecule has 0 aliphatic heterocycles. The van der Waals surface area contributed by atoms with Gasteiger partial charge in [0.25, 0.3) is 0 Å². The van der Waals surface area contributed by atoms with Gasteiger partial charge in [0, 0.05) is 6.97 Å². The molecule has 4 heteroatoms. The number of hydrogen-bond acceptors (Lipinski definition) is 2. The van der Waals surface area contributed by atoms with E-state index in [1.165, 1.54) is 0 Å². The first-order chi connectivity index (χ1) is 6.22. The molecule has 1 aliphatic carbocycles. The molecule has 0 aromatic carbocycles. The second-order valence-electron chi connectivity index (χ2n) is 5.03. The molecule has 3 nitrogen and oxygen atoms in total. The SMILES string of the molecule is C=CCC1(S(=O)(=O)NC(C)(C)C)CC1.[HH]. The predicted molar refractivity (Wildman–Crippen MR) is 60.7 cm³/mol. The third-order valence-electron chi connectivity index (χ3n) is 2.33. The minimum Gasteiger partial charge on any atom is -0.212 e. The molecule has 0 spiro atoms. The molecule has 1 saturated carbocycles. The van der Waals surface area contributed by atoms with E-state index in [0.29, 0.717) is 6.42 Å². The van der Waals surface area contributed by atoms with Crippen molar-refractivity contribution in [1.29, 1.82) is 0 Å². The average Bonchev–Trinajstić information content (AvgIpc) is 2.63. The molecule has 1 aliphatic rings. The molecule has 0 bridgehead atoms. The van der Waals surface area contributed by atoms with Crippen LogP contribution in [-0.2, 0) is 10.0 Å². The van der Waals surface area contributed by atoms with Crippen molar-refractivity contribution in [3.05, 3.63) is 12.7 Å². The Balaban J connectivity index is 0.00000196. The van der Waals surface area contributed by atoms with E-state index in [-0.39, 0.29) is 1.43 Å². The van der Waals surface area contributed by atoms with Gasteiger partial charge in [-0.15, -0.1) is 6.58 Å². The number of hydrogen-bond donors (Lipinski definition) is 1. The summed E-state index contributed by atoms with van der Waals surface area (Å²) >= 11 is 0. The maximum absolute atomic E-state index is 12.0. The molecule has 0 amide bonds. The average molecular weight is 219 g/mol. The van der Waals surface area contributed by atoms with E-state index in [2.05, 4.69) is 11.3 Å². The van der Waals surface area contributed by atoms with Crippen LogP contribution in [0.25, 0.3) is 0 Å². The fourth-order valence-electron chi connectivity index (χ4n) is 1.50. The Labute approximate surface area is 88.1 Å². The molecular formula is C10H21NO2S. The summed E-state index contributed by atoms with van der Waals surface area (Å²) in [5.41, 5.74) is -0.393. The van der Waals surface area contributed by atoms with Crippen LogP contribution >= 0.6 is 0 Å². The van der Waals surface area contributed by atoms with Gasteiger partial charge in [0.15, 0.2) is 0 Å². The van der Waals surface area contributed by atoms with Crippen molar-refractivity contribution < 1.29 is 9.84 Å². The van der Waals surface area contributed by atoms with Crippen molar-refractivity contribution >= 4 is 10.0 Å². The summed E-state index contributed by atoms with van der Waals surface area (Å²) in [5.74, 6) is 0. The largest absolute Gasteiger partial charge is 0.218 e. The van der Waals surface area contributed by atoms with Crippen molar-refractivity contribution in [3.63, 3.8) is 0 Å². The molecule has 1 N–H and O–H groups in total. The first kappa shape index (κ1) is 11.7. The molecule has 0 heterocycles. The van der Waals surface area contributed by atoms with Crippen LogP contribution in [0.1, 0.15) is 41.5 Å². The Bertz CT molecular complexity index is 326. The molecule has 1 rings (SSSR count). The van der Waals surface area contributed by atoms with Crippen molar-refractivity contribution in [2.45, 2.75) is 50.3 Å². The summed E-state index contributed by atoms with van der Waals surface area (Å²) < 4.78 is 26.1. The van der Waals surface area contributed by atoms with Gasteiger partial charge in [-0.3, -0.25) is 0 Å². The van der Waals surface area contributed by atoms with Gasteiger partial charge in [-0.2, -0.15) is 0 Å². The summed E-state index contributed by atoms with van der Waals surface area (Å²) in [6.45, 7) is 9.17. The maximum Gasteiger partial charge on any atom is 0.218 e. The lowest BCUT2D eigenvalue weighted by Crippen LogP contribution is -2.46. The van der Waals surface area contributed by atoms with Crippen LogP contribution in [0.15, 0.2) is 12.7 Å². The maximum atomic E-state index is 12.0. The van der Waals surface area contributed by atoms with Gasteiger partial charge in [-0.25, -0.2) is 13.1 Å². The van der Waals surface area contributed by atoms with E-state index in [4.69, 9.17) is 0 Å². The number of allylic oxidation sites excluding steroid dienone is 1. The molecule has 0 unspecified atom stereocenters. The molecular weight excluding hydrogens is 198 g/mol. The standard InChI is InChI=1S/C10H19NO2S.H2/c1-5-6-10(7-8-10)14(12,13)11-9(2,3)4;/h5,11H,1,6-8H2,2-4H3;1H. The second kappa shape index (κ2) is 3.35. The number of sulfonamides is 1. The zero-order valence-corrected chi connectivity index (χ0v) is 9.95. The molecule has 0 aromatic rings. The minimum absolute atomic E-state index is 0. The van der Waals surface area contributed by atoms with E-state index in [0.717, 1.165) is 12.8 Å². The van der Waals surface area contributed by atoms with Crippen LogP contribution in [0.4, 0.5) is 0 Å². The lowest BCUT2D eigenvalue weighted by molar-refractivity contribution is 0.481. The highest BCUT2D eigenvalue weighted by Crippen LogP contribution is 2.46. The summed E-state index contributed by atoms with van der Waals surface area (Å²) in [6, 6.07) is 0. The van der Waals surface area contributed by atoms with Crippen LogP contribution < -0.4 is 4.72 Å². The Kier molecular flexibility index (Phi) is 2.80. The summed E-state index contributed by atoms with van der Waals surface area (Å²) in [5, 5.41) is 0. The number of rotatable bonds is 4. The Morgan fingerprint density at radius 3 is 2.29 bits per heavy atom. The van der Waals surface area contributed by atoms with Gasteiger partial charge >= 0.3 is 0 Å². The third-order valence-corrected chi connectivity index (χ3v) is 4.93. The molecule has 0 radical (unpaired) electrons. The fraction of sp³-hybridized carbons (Fsp3) is 0.800. The van der Waals surface area contributed by atoms with E-state index >= 15 is 0 Å². The van der Waals surface area contributed by atoms with Gasteiger partial charge in [0.2, 0.25) is 10.0 Å². The van der Waals surface area contributed by atoms with Gasteiger partial charge < -0.3 is 0 Å². The summed E-state index contributed by atoms with van der Waals surface area (Å²) in [6.07, 6.45) is 3.75. The molecule has 0 atom stereocenters. The van der Waals surface area contributed by atoms with Crippen molar-refractivity contribution in [2.24, 2.45) is 0 Å². The zero-order valence-electron chi connectivity index (χ0n) is 9.13. The monoisotopic (exact) mass is 219 g/mol. The van der Waals surface area contributed by atoms with E-state index in [1.807, 2.05) is 20.8 Å². The molecule has 84 valence electrons. The summed E-state index contributed by atoms with van der Waals surface area (Å²) in [4.78, 5) is 0. The predicted octanol–water partition coefficient (Wildman–Crippen LogP) is 2.06. The Morgan fingerprint density at radius 2 is 2.00 bits per heavy atom. The lowest BCUT2D eigenvalue weighted by atomic mass is 10.1. The second-order valence-corrected chi connectivity index (χ2v) is 7.11. The third kappa shape index (κ3) is 2.36. The fourth-order valence-corrected chi connectivity index (χ4v) is 3.50. The zero-order chi connectivity index (χ0) is 11.0. The van der Waals surface area contributed by atoms with E-state index in [9.17, 15) is 8.42 Å². The van der Waals surface area contributed by atoms with E-state index < -0.39 is 20.3 Å². The minimum atomic E-state index is -3.19. The van der Waals surface area contributed by atoms with Crippen molar-refractivity contribution in [2.75, 3.05) is 0 Å². The molecule has 0 saturated heterocycles. The quantitative estimate of drug-likeness (QED) is 0.736. The molecule has 14 heavy (non-hydrogen) atoms. The topological polar surface area (TPSA) is 46.2 Å². The highest BCUT2D eigenvalue weighted by atomic mass is 32.2. The smallest absolute Gasteiger partial charge is 0.212 e. The van der Waals surface area contributed by atoms with Crippen LogP contribution in [0.3, 0.4) is 0 Å². The van der Waals surface area contributed by atoms with Crippen LogP contribution in [0.2, 0.25) is 0 Å². The Morgan fingerprint density at radius 1 is 1.50 bits per heavy atom. The first-order valence-corrected chi connectivity index (χ1v) is 6.35. The van der Waals surface area contributed by atoms with Gasteiger partial charge in [0.1, 0.15) is 0 Å². The van der Waals surface area contributed by atoms with Crippen molar-refractivity contribution in [1.82, 2.24) is 4.72 Å². The van der Waals surface area contributed by atoms with Gasteiger partial charge in [0.05, 0.1) is 4.75 Å². The van der Waals surface area contributed by atoms with E-state index in [1.54, 1.807) is 6.08 Å². The lowest BCUT2D eigenvalue weighted by Gasteiger charge is -2.24. The van der Waals surface area contributed by atoms with Gasteiger partial charge in [-0.05, 0) is 40.0 Å². The normalized spacial score (nSPS) is 20.5. The molecule has 1 fully saturated rings. The van der Waals surface area contributed by atoms with Gasteiger partial charge in [-0.1, -0.05) is 6.08 Å². The van der Waals surface area contributed by atoms with Crippen LogP contribution in [-0.4, -0.2) is 18.7 Å². The highest BCUT2D eigenvalue weighted by molar-refractivity contribution is 7.91. The van der Waals surface area contributed by atoms with Crippen LogP contribution in [0, 0.1) is 0 Å². The Hall–Kier alpha value is -0.350. The summed E-state index contributed by atoms with van der Waals surface area (Å²) in [7, 11) is -3.19. The molecule has 0 aromatic heterocycles. The van der Waals surface area contributed by atoms with Crippen LogP contribution in [0.5, 0.6) is 0 Å².